The van der Waals surface area contributed by atoms with Gasteiger partial charge >= 0.3 is 0 Å². The number of rotatable bonds is 3. The summed E-state index contributed by atoms with van der Waals surface area (Å²) in [6.07, 6.45) is 5.67. The van der Waals surface area contributed by atoms with Crippen LogP contribution in [0.5, 0.6) is 0 Å². The molecule has 0 bridgehead atoms. The summed E-state index contributed by atoms with van der Waals surface area (Å²) in [6, 6.07) is 0. The van der Waals surface area contributed by atoms with Crippen molar-refractivity contribution >= 4 is 15.9 Å². The molecule has 0 aliphatic heterocycles. The van der Waals surface area contributed by atoms with Gasteiger partial charge in [0.1, 0.15) is 0 Å². The van der Waals surface area contributed by atoms with E-state index >= 15 is 0 Å². The van der Waals surface area contributed by atoms with Gasteiger partial charge in [-0.05, 0) is 37.5 Å². The van der Waals surface area contributed by atoms with Gasteiger partial charge in [-0.2, -0.15) is 0 Å². The van der Waals surface area contributed by atoms with Gasteiger partial charge in [-0.25, -0.2) is 0 Å². The normalized spacial score (nSPS) is 32.1. The van der Waals surface area contributed by atoms with E-state index < -0.39 is 0 Å². The van der Waals surface area contributed by atoms with Crippen molar-refractivity contribution in [2.45, 2.75) is 50.5 Å². The van der Waals surface area contributed by atoms with E-state index in [1.807, 2.05) is 7.11 Å². The van der Waals surface area contributed by atoms with Gasteiger partial charge < -0.3 is 4.74 Å². The molecule has 0 aromatic rings. The summed E-state index contributed by atoms with van der Waals surface area (Å²) in [4.78, 5) is 0.699. The molecule has 0 radical (unpaired) electrons. The second-order valence-corrected chi connectivity index (χ2v) is 5.52. The van der Waals surface area contributed by atoms with E-state index in [9.17, 15) is 0 Å². The number of methoxy groups -OCH3 is 1. The minimum Gasteiger partial charge on any atom is -0.381 e. The Morgan fingerprint density at radius 1 is 1.15 bits per heavy atom. The van der Waals surface area contributed by atoms with E-state index in [0.717, 1.165) is 11.8 Å². The van der Waals surface area contributed by atoms with Gasteiger partial charge in [0.15, 0.2) is 0 Å². The molecule has 0 heterocycles. The first-order valence-corrected chi connectivity index (χ1v) is 6.23. The Hall–Kier alpha value is 0.440. The molecule has 1 rings (SSSR count). The van der Waals surface area contributed by atoms with Crippen LogP contribution in [-0.2, 0) is 4.74 Å². The van der Waals surface area contributed by atoms with Crippen molar-refractivity contribution in [3.63, 3.8) is 0 Å². The molecule has 0 saturated heterocycles. The highest BCUT2D eigenvalue weighted by molar-refractivity contribution is 9.09. The number of hydrogen-bond donors (Lipinski definition) is 0. The summed E-state index contributed by atoms with van der Waals surface area (Å²) in [5.74, 6) is 1.62. The van der Waals surface area contributed by atoms with E-state index in [1.165, 1.54) is 25.7 Å². The van der Waals surface area contributed by atoms with E-state index in [4.69, 9.17) is 4.74 Å². The van der Waals surface area contributed by atoms with Gasteiger partial charge in [0.2, 0.25) is 0 Å². The zero-order valence-corrected chi connectivity index (χ0v) is 10.5. The maximum absolute atomic E-state index is 5.36. The van der Waals surface area contributed by atoms with Crippen LogP contribution in [0.1, 0.15) is 39.5 Å². The van der Waals surface area contributed by atoms with E-state index in [0.29, 0.717) is 10.9 Å². The predicted molar refractivity (Wildman–Crippen MR) is 60.3 cm³/mol. The topological polar surface area (TPSA) is 9.23 Å². The SMILES string of the molecule is COC1CCC(C(Br)C(C)C)CC1. The molecular weight excluding hydrogens is 228 g/mol. The molecular formula is C11H21BrO. The number of ether oxygens (including phenoxy) is 1. The van der Waals surface area contributed by atoms with E-state index in [1.54, 1.807) is 0 Å². The van der Waals surface area contributed by atoms with Gasteiger partial charge in [0.25, 0.3) is 0 Å². The first-order valence-electron chi connectivity index (χ1n) is 5.32. The highest BCUT2D eigenvalue weighted by atomic mass is 79.9. The fourth-order valence-electron chi connectivity index (χ4n) is 2.19. The van der Waals surface area contributed by atoms with Crippen LogP contribution in [0.3, 0.4) is 0 Å². The molecule has 1 aliphatic rings. The average Bonchev–Trinajstić information content (AvgIpc) is 2.17. The lowest BCUT2D eigenvalue weighted by atomic mass is 9.82. The zero-order chi connectivity index (χ0) is 9.84. The molecule has 1 aliphatic carbocycles. The molecule has 1 nitrogen and oxygen atoms in total. The lowest BCUT2D eigenvalue weighted by molar-refractivity contribution is 0.0551. The Morgan fingerprint density at radius 2 is 1.69 bits per heavy atom. The monoisotopic (exact) mass is 248 g/mol. The molecule has 13 heavy (non-hydrogen) atoms. The smallest absolute Gasteiger partial charge is 0.0571 e. The molecule has 1 fully saturated rings. The van der Waals surface area contributed by atoms with Crippen molar-refractivity contribution in [1.82, 2.24) is 0 Å². The van der Waals surface area contributed by atoms with Crippen LogP contribution in [0.4, 0.5) is 0 Å². The van der Waals surface area contributed by atoms with Crippen LogP contribution in [0.25, 0.3) is 0 Å². The second-order valence-electron chi connectivity index (χ2n) is 4.46. The minimum absolute atomic E-state index is 0.531. The summed E-state index contributed by atoms with van der Waals surface area (Å²) < 4.78 is 5.36. The quantitative estimate of drug-likeness (QED) is 0.694. The lowest BCUT2D eigenvalue weighted by Crippen LogP contribution is -2.28. The molecule has 0 amide bonds. The molecule has 1 atom stereocenters. The summed E-state index contributed by atoms with van der Waals surface area (Å²) in [5, 5.41) is 0. The first kappa shape index (κ1) is 11.5. The molecule has 1 saturated carbocycles. The fourth-order valence-corrected chi connectivity index (χ4v) is 2.72. The molecule has 78 valence electrons. The van der Waals surface area contributed by atoms with Crippen LogP contribution >= 0.6 is 15.9 Å². The fraction of sp³-hybridized carbons (Fsp3) is 1.00. The summed E-state index contributed by atoms with van der Waals surface area (Å²) in [7, 11) is 1.83. The molecule has 1 unspecified atom stereocenters. The Bertz CT molecular complexity index is 139. The van der Waals surface area contributed by atoms with E-state index in [2.05, 4.69) is 29.8 Å². The zero-order valence-electron chi connectivity index (χ0n) is 8.92. The number of alkyl halides is 1. The maximum Gasteiger partial charge on any atom is 0.0571 e. The van der Waals surface area contributed by atoms with Crippen LogP contribution in [-0.4, -0.2) is 18.0 Å². The van der Waals surface area contributed by atoms with Crippen molar-refractivity contribution < 1.29 is 4.74 Å². The predicted octanol–water partition coefficient (Wildman–Crippen LogP) is 3.61. The van der Waals surface area contributed by atoms with Gasteiger partial charge in [-0.15, -0.1) is 0 Å². The minimum atomic E-state index is 0.531. The average molecular weight is 249 g/mol. The lowest BCUT2D eigenvalue weighted by Gasteiger charge is -2.32. The summed E-state index contributed by atoms with van der Waals surface area (Å²) >= 11 is 3.80. The highest BCUT2D eigenvalue weighted by Crippen LogP contribution is 2.34. The van der Waals surface area contributed by atoms with Crippen LogP contribution in [0.15, 0.2) is 0 Å². The van der Waals surface area contributed by atoms with Crippen LogP contribution < -0.4 is 0 Å². The standard InChI is InChI=1S/C11H21BrO/c1-8(2)11(12)9-4-6-10(13-3)7-5-9/h8-11H,4-7H2,1-3H3. The van der Waals surface area contributed by atoms with Gasteiger partial charge in [0, 0.05) is 11.9 Å². The largest absolute Gasteiger partial charge is 0.381 e. The Labute approximate surface area is 90.4 Å². The Kier molecular flexibility index (Phi) is 4.74. The molecule has 0 spiro atoms. The van der Waals surface area contributed by atoms with Gasteiger partial charge in [-0.1, -0.05) is 29.8 Å². The van der Waals surface area contributed by atoms with Crippen molar-refractivity contribution in [3.8, 4) is 0 Å². The highest BCUT2D eigenvalue weighted by Gasteiger charge is 2.27. The van der Waals surface area contributed by atoms with Crippen LogP contribution in [0.2, 0.25) is 0 Å². The second kappa shape index (κ2) is 5.35. The number of hydrogen-bond acceptors (Lipinski definition) is 1. The molecule has 0 N–H and O–H groups in total. The third kappa shape index (κ3) is 3.25. The van der Waals surface area contributed by atoms with Crippen molar-refractivity contribution in [3.05, 3.63) is 0 Å². The van der Waals surface area contributed by atoms with E-state index in [-0.39, 0.29) is 0 Å². The van der Waals surface area contributed by atoms with Gasteiger partial charge in [0.05, 0.1) is 6.10 Å². The Morgan fingerprint density at radius 3 is 2.08 bits per heavy atom. The molecule has 2 heteroatoms. The summed E-state index contributed by atoms with van der Waals surface area (Å²) in [6.45, 7) is 4.59. The van der Waals surface area contributed by atoms with Crippen molar-refractivity contribution in [2.75, 3.05) is 7.11 Å². The molecule has 0 aromatic carbocycles. The van der Waals surface area contributed by atoms with Crippen molar-refractivity contribution in [1.29, 1.82) is 0 Å². The number of halogens is 1. The van der Waals surface area contributed by atoms with Gasteiger partial charge in [-0.3, -0.25) is 0 Å². The Balaban J connectivity index is 2.32. The van der Waals surface area contributed by atoms with Crippen LogP contribution in [0, 0.1) is 11.8 Å². The molecule has 0 aromatic heterocycles. The third-order valence-corrected chi connectivity index (χ3v) is 4.94. The third-order valence-electron chi connectivity index (χ3n) is 3.14. The van der Waals surface area contributed by atoms with Crippen molar-refractivity contribution in [2.24, 2.45) is 11.8 Å². The first-order chi connectivity index (χ1) is 6.15. The summed E-state index contributed by atoms with van der Waals surface area (Å²) in [5.41, 5.74) is 0. The maximum atomic E-state index is 5.36.